The van der Waals surface area contributed by atoms with Crippen LogP contribution in [-0.2, 0) is 9.59 Å². The molecule has 1 atom stereocenters. The lowest BCUT2D eigenvalue weighted by molar-refractivity contribution is -0.119. The zero-order valence-electron chi connectivity index (χ0n) is 15.9. The summed E-state index contributed by atoms with van der Waals surface area (Å²) in [5, 5.41) is 2.91. The molecule has 1 aliphatic carbocycles. The highest BCUT2D eigenvalue weighted by Gasteiger charge is 2.35. The summed E-state index contributed by atoms with van der Waals surface area (Å²) in [6, 6.07) is 13.4. The monoisotopic (exact) mass is 410 g/mol. The molecule has 2 aromatic carbocycles. The van der Waals surface area contributed by atoms with E-state index in [9.17, 15) is 9.59 Å². The molecule has 0 spiro atoms. The summed E-state index contributed by atoms with van der Waals surface area (Å²) in [5.74, 6) is 2.04. The second kappa shape index (κ2) is 7.63. The zero-order valence-corrected chi connectivity index (χ0v) is 16.7. The lowest BCUT2D eigenvalue weighted by Gasteiger charge is -2.25. The van der Waals surface area contributed by atoms with Crippen LogP contribution < -0.4 is 19.7 Å². The molecule has 2 aromatic rings. The number of nitrogens with zero attached hydrogens (tertiary/aromatic N) is 1. The van der Waals surface area contributed by atoms with Gasteiger partial charge in [0.05, 0.1) is 5.75 Å². The van der Waals surface area contributed by atoms with Crippen LogP contribution in [0.5, 0.6) is 11.5 Å². The number of hydrogen-bond donors (Lipinski definition) is 1. The molecule has 3 aliphatic rings. The average Bonchev–Trinajstić information content (AvgIpc) is 3.48. The molecule has 0 aromatic heterocycles. The van der Waals surface area contributed by atoms with E-state index in [0.717, 1.165) is 42.6 Å². The zero-order chi connectivity index (χ0) is 19.8. The van der Waals surface area contributed by atoms with E-state index in [-0.39, 0.29) is 29.9 Å². The Kier molecular flexibility index (Phi) is 4.83. The van der Waals surface area contributed by atoms with Crippen LogP contribution in [0.2, 0.25) is 0 Å². The quantitative estimate of drug-likeness (QED) is 0.813. The summed E-state index contributed by atoms with van der Waals surface area (Å²) < 4.78 is 10.9. The van der Waals surface area contributed by atoms with Crippen molar-refractivity contribution in [3.8, 4) is 11.5 Å². The summed E-state index contributed by atoms with van der Waals surface area (Å²) in [6.45, 7) is 0.202. The van der Waals surface area contributed by atoms with Crippen LogP contribution in [0.1, 0.15) is 36.6 Å². The topological polar surface area (TPSA) is 67.9 Å². The number of rotatable bonds is 4. The summed E-state index contributed by atoms with van der Waals surface area (Å²) >= 11 is 1.58. The fraction of sp³-hybridized carbons (Fsp3) is 0.364. The van der Waals surface area contributed by atoms with Crippen molar-refractivity contribution in [3.05, 3.63) is 48.0 Å². The Morgan fingerprint density at radius 1 is 1.07 bits per heavy atom. The number of nitrogens with one attached hydrogen (secondary N) is 1. The fourth-order valence-corrected chi connectivity index (χ4v) is 5.35. The van der Waals surface area contributed by atoms with E-state index < -0.39 is 0 Å². The van der Waals surface area contributed by atoms with Gasteiger partial charge in [0.25, 0.3) is 0 Å². The van der Waals surface area contributed by atoms with Gasteiger partial charge in [-0.1, -0.05) is 25.0 Å². The maximum Gasteiger partial charge on any atom is 0.238 e. The van der Waals surface area contributed by atoms with Gasteiger partial charge < -0.3 is 14.8 Å². The summed E-state index contributed by atoms with van der Waals surface area (Å²) in [4.78, 5) is 26.9. The Morgan fingerprint density at radius 2 is 1.90 bits per heavy atom. The van der Waals surface area contributed by atoms with Gasteiger partial charge in [-0.2, -0.15) is 0 Å². The maximum atomic E-state index is 12.7. The standard InChI is InChI=1S/C22H22N2O4S/c25-20-12-29-22(24(20)17-8-9-18-19(11-17)28-13-27-18)15-6-3-7-16(10-15)23-21(26)14-4-1-2-5-14/h3,6-11,14,22H,1-2,4-5,12-13H2,(H,23,26). The third kappa shape index (κ3) is 3.55. The number of carbonyl (C=O) groups is 2. The van der Waals surface area contributed by atoms with Gasteiger partial charge >= 0.3 is 0 Å². The van der Waals surface area contributed by atoms with E-state index in [1.54, 1.807) is 16.7 Å². The van der Waals surface area contributed by atoms with Crippen LogP contribution >= 0.6 is 11.8 Å². The molecule has 0 bridgehead atoms. The third-order valence-corrected chi connectivity index (χ3v) is 6.88. The van der Waals surface area contributed by atoms with Gasteiger partial charge in [-0.15, -0.1) is 11.8 Å². The molecule has 2 amide bonds. The molecular weight excluding hydrogens is 388 g/mol. The predicted octanol–water partition coefficient (Wildman–Crippen LogP) is 4.32. The first-order valence-electron chi connectivity index (χ1n) is 9.93. The van der Waals surface area contributed by atoms with Crippen molar-refractivity contribution in [3.63, 3.8) is 0 Å². The minimum Gasteiger partial charge on any atom is -0.454 e. The van der Waals surface area contributed by atoms with E-state index in [1.807, 2.05) is 42.5 Å². The molecule has 2 aliphatic heterocycles. The molecule has 6 nitrogen and oxygen atoms in total. The molecule has 1 N–H and O–H groups in total. The first-order chi connectivity index (χ1) is 14.2. The molecule has 7 heteroatoms. The van der Waals surface area contributed by atoms with Gasteiger partial charge in [-0.25, -0.2) is 0 Å². The highest BCUT2D eigenvalue weighted by molar-refractivity contribution is 8.00. The molecule has 150 valence electrons. The minimum atomic E-state index is -0.147. The van der Waals surface area contributed by atoms with Crippen LogP contribution in [0.25, 0.3) is 0 Å². The average molecular weight is 410 g/mol. The number of carbonyl (C=O) groups excluding carboxylic acids is 2. The van der Waals surface area contributed by atoms with Crippen molar-refractivity contribution in [1.29, 1.82) is 0 Å². The molecule has 1 unspecified atom stereocenters. The molecular formula is C22H22N2O4S. The molecule has 1 saturated heterocycles. The van der Waals surface area contributed by atoms with Crippen LogP contribution in [0.4, 0.5) is 11.4 Å². The van der Waals surface area contributed by atoms with Gasteiger partial charge in [-0.05, 0) is 42.7 Å². The SMILES string of the molecule is O=C(Nc1cccc(C2SCC(=O)N2c2ccc3c(c2)OCO3)c1)C1CCCC1. The van der Waals surface area contributed by atoms with E-state index in [4.69, 9.17) is 9.47 Å². The van der Waals surface area contributed by atoms with Gasteiger partial charge in [0.2, 0.25) is 18.6 Å². The Morgan fingerprint density at radius 3 is 2.76 bits per heavy atom. The van der Waals surface area contributed by atoms with Crippen molar-refractivity contribution >= 4 is 35.0 Å². The predicted molar refractivity (Wildman–Crippen MR) is 112 cm³/mol. The van der Waals surface area contributed by atoms with Crippen LogP contribution in [-0.4, -0.2) is 24.4 Å². The Labute approximate surface area is 173 Å². The Balaban J connectivity index is 1.39. The lowest BCUT2D eigenvalue weighted by Crippen LogP contribution is -2.27. The first-order valence-corrected chi connectivity index (χ1v) is 11.0. The molecule has 0 radical (unpaired) electrons. The van der Waals surface area contributed by atoms with Crippen molar-refractivity contribution < 1.29 is 19.1 Å². The summed E-state index contributed by atoms with van der Waals surface area (Å²) in [7, 11) is 0. The van der Waals surface area contributed by atoms with E-state index in [2.05, 4.69) is 5.32 Å². The lowest BCUT2D eigenvalue weighted by atomic mass is 10.1. The van der Waals surface area contributed by atoms with Gasteiger partial charge in [0.1, 0.15) is 5.37 Å². The molecule has 5 rings (SSSR count). The van der Waals surface area contributed by atoms with E-state index in [0.29, 0.717) is 17.3 Å². The van der Waals surface area contributed by atoms with Crippen molar-refractivity contribution in [1.82, 2.24) is 0 Å². The summed E-state index contributed by atoms with van der Waals surface area (Å²) in [5.41, 5.74) is 2.56. The van der Waals surface area contributed by atoms with Crippen molar-refractivity contribution in [2.75, 3.05) is 22.8 Å². The molecule has 1 saturated carbocycles. The number of benzene rings is 2. The van der Waals surface area contributed by atoms with Crippen LogP contribution in [0.3, 0.4) is 0 Å². The number of hydrogen-bond acceptors (Lipinski definition) is 5. The number of ether oxygens (including phenoxy) is 2. The number of amides is 2. The first kappa shape index (κ1) is 18.4. The van der Waals surface area contributed by atoms with Crippen LogP contribution in [0.15, 0.2) is 42.5 Å². The second-order valence-corrected chi connectivity index (χ2v) is 8.63. The number of anilines is 2. The highest BCUT2D eigenvalue weighted by Crippen LogP contribution is 2.45. The van der Waals surface area contributed by atoms with Crippen LogP contribution in [0, 0.1) is 5.92 Å². The summed E-state index contributed by atoms with van der Waals surface area (Å²) in [6.07, 6.45) is 4.19. The maximum absolute atomic E-state index is 12.7. The van der Waals surface area contributed by atoms with E-state index in [1.165, 1.54) is 0 Å². The number of thioether (sulfide) groups is 1. The molecule has 29 heavy (non-hydrogen) atoms. The van der Waals surface area contributed by atoms with Gasteiger partial charge in [-0.3, -0.25) is 14.5 Å². The van der Waals surface area contributed by atoms with Gasteiger partial charge in [0, 0.05) is 23.4 Å². The van der Waals surface area contributed by atoms with E-state index >= 15 is 0 Å². The molecule has 2 heterocycles. The van der Waals surface area contributed by atoms with Gasteiger partial charge in [0.15, 0.2) is 11.5 Å². The normalized spacial score (nSPS) is 21.0. The second-order valence-electron chi connectivity index (χ2n) is 7.56. The third-order valence-electron chi connectivity index (χ3n) is 5.67. The van der Waals surface area contributed by atoms with Crippen molar-refractivity contribution in [2.45, 2.75) is 31.1 Å². The largest absolute Gasteiger partial charge is 0.454 e. The smallest absolute Gasteiger partial charge is 0.238 e. The Bertz CT molecular complexity index is 958. The molecule has 2 fully saturated rings. The Hall–Kier alpha value is -2.67. The minimum absolute atomic E-state index is 0.0549. The highest BCUT2D eigenvalue weighted by atomic mass is 32.2. The van der Waals surface area contributed by atoms with Crippen molar-refractivity contribution in [2.24, 2.45) is 5.92 Å². The fourth-order valence-electron chi connectivity index (χ4n) is 4.19. The number of fused-ring (bicyclic) bond motifs is 1.